The van der Waals surface area contributed by atoms with E-state index in [4.69, 9.17) is 25.8 Å². The highest BCUT2D eigenvalue weighted by atomic mass is 35.5. The van der Waals surface area contributed by atoms with Gasteiger partial charge in [-0.25, -0.2) is 0 Å². The molecule has 1 amide bonds. The Morgan fingerprint density at radius 2 is 2.00 bits per heavy atom. The van der Waals surface area contributed by atoms with Gasteiger partial charge in [0.15, 0.2) is 11.5 Å². The molecule has 0 saturated heterocycles. The van der Waals surface area contributed by atoms with E-state index in [-0.39, 0.29) is 5.91 Å². The van der Waals surface area contributed by atoms with E-state index >= 15 is 0 Å². The molecular weight excluding hydrogens is 378 g/mol. The molecule has 1 unspecified atom stereocenters. The fourth-order valence-electron chi connectivity index (χ4n) is 3.53. The molecule has 5 nitrogen and oxygen atoms in total. The SMILES string of the molecule is COCCCNC(=O)c1cc2c(c(OC)c1)OC(C)(Cc1ccc(Cl)cc1)C2. The van der Waals surface area contributed by atoms with Crippen molar-refractivity contribution in [3.8, 4) is 11.5 Å². The van der Waals surface area contributed by atoms with Crippen molar-refractivity contribution >= 4 is 17.5 Å². The van der Waals surface area contributed by atoms with Gasteiger partial charge < -0.3 is 19.5 Å². The average molecular weight is 404 g/mol. The summed E-state index contributed by atoms with van der Waals surface area (Å²) in [7, 11) is 3.24. The summed E-state index contributed by atoms with van der Waals surface area (Å²) < 4.78 is 16.8. The summed E-state index contributed by atoms with van der Waals surface area (Å²) in [6, 6.07) is 11.4. The molecule has 2 aromatic rings. The Balaban J connectivity index is 1.76. The van der Waals surface area contributed by atoms with Crippen LogP contribution in [0.4, 0.5) is 0 Å². The maximum atomic E-state index is 12.5. The van der Waals surface area contributed by atoms with Gasteiger partial charge >= 0.3 is 0 Å². The zero-order valence-electron chi connectivity index (χ0n) is 16.5. The quantitative estimate of drug-likeness (QED) is 0.675. The number of hydrogen-bond acceptors (Lipinski definition) is 4. The van der Waals surface area contributed by atoms with Crippen LogP contribution in [0, 0.1) is 0 Å². The second-order valence-corrected chi connectivity index (χ2v) is 7.74. The lowest BCUT2D eigenvalue weighted by Crippen LogP contribution is -2.32. The van der Waals surface area contributed by atoms with E-state index in [1.807, 2.05) is 30.3 Å². The molecule has 0 aliphatic carbocycles. The summed E-state index contributed by atoms with van der Waals surface area (Å²) in [4.78, 5) is 12.5. The minimum absolute atomic E-state index is 0.122. The first-order valence-electron chi connectivity index (χ1n) is 9.35. The van der Waals surface area contributed by atoms with Gasteiger partial charge in [-0.1, -0.05) is 23.7 Å². The van der Waals surface area contributed by atoms with Crippen LogP contribution in [0.1, 0.15) is 34.8 Å². The van der Waals surface area contributed by atoms with Crippen LogP contribution in [-0.4, -0.2) is 38.9 Å². The number of halogens is 1. The van der Waals surface area contributed by atoms with E-state index in [0.29, 0.717) is 35.9 Å². The Morgan fingerprint density at radius 1 is 1.25 bits per heavy atom. The summed E-state index contributed by atoms with van der Waals surface area (Å²) in [5.74, 6) is 1.18. The maximum Gasteiger partial charge on any atom is 0.251 e. The highest BCUT2D eigenvalue weighted by Gasteiger charge is 2.37. The molecule has 150 valence electrons. The predicted molar refractivity (Wildman–Crippen MR) is 110 cm³/mol. The molecule has 6 heteroatoms. The van der Waals surface area contributed by atoms with Gasteiger partial charge in [-0.05, 0) is 43.2 Å². The number of carbonyl (C=O) groups excluding carboxylic acids is 1. The van der Waals surface area contributed by atoms with Crippen LogP contribution < -0.4 is 14.8 Å². The highest BCUT2D eigenvalue weighted by Crippen LogP contribution is 2.44. The average Bonchev–Trinajstić information content (AvgIpc) is 3.02. The zero-order valence-corrected chi connectivity index (χ0v) is 17.3. The molecule has 1 aliphatic heterocycles. The molecule has 0 saturated carbocycles. The Hall–Kier alpha value is -2.24. The highest BCUT2D eigenvalue weighted by molar-refractivity contribution is 6.30. The molecule has 0 radical (unpaired) electrons. The summed E-state index contributed by atoms with van der Waals surface area (Å²) in [6.45, 7) is 3.26. The van der Waals surface area contributed by atoms with Gasteiger partial charge in [0, 0.05) is 49.3 Å². The summed E-state index contributed by atoms with van der Waals surface area (Å²) in [6.07, 6.45) is 2.21. The zero-order chi connectivity index (χ0) is 20.1. The first kappa shape index (κ1) is 20.5. The Labute approximate surface area is 170 Å². The Morgan fingerprint density at radius 3 is 2.68 bits per heavy atom. The van der Waals surface area contributed by atoms with Crippen molar-refractivity contribution in [3.63, 3.8) is 0 Å². The number of benzene rings is 2. The number of nitrogens with one attached hydrogen (secondary N) is 1. The minimum Gasteiger partial charge on any atom is -0.493 e. The number of rotatable bonds is 8. The second-order valence-electron chi connectivity index (χ2n) is 7.30. The molecule has 0 aromatic heterocycles. The van der Waals surface area contributed by atoms with Gasteiger partial charge in [0.1, 0.15) is 5.60 Å². The third-order valence-electron chi connectivity index (χ3n) is 4.83. The first-order chi connectivity index (χ1) is 13.4. The van der Waals surface area contributed by atoms with Gasteiger partial charge in [-0.3, -0.25) is 4.79 Å². The van der Waals surface area contributed by atoms with Gasteiger partial charge in [-0.15, -0.1) is 0 Å². The summed E-state index contributed by atoms with van der Waals surface area (Å²) in [5.41, 5.74) is 2.30. The fraction of sp³-hybridized carbons (Fsp3) is 0.409. The van der Waals surface area contributed by atoms with E-state index in [1.54, 1.807) is 20.3 Å². The predicted octanol–water partition coefficient (Wildman–Crippen LogP) is 4.05. The van der Waals surface area contributed by atoms with Gasteiger partial charge in [0.2, 0.25) is 0 Å². The molecule has 0 fully saturated rings. The third kappa shape index (κ3) is 4.78. The van der Waals surface area contributed by atoms with Crippen molar-refractivity contribution in [3.05, 3.63) is 58.1 Å². The van der Waals surface area contributed by atoms with Crippen molar-refractivity contribution in [1.82, 2.24) is 5.32 Å². The number of methoxy groups -OCH3 is 2. The molecule has 28 heavy (non-hydrogen) atoms. The van der Waals surface area contributed by atoms with Crippen molar-refractivity contribution in [2.45, 2.75) is 31.8 Å². The standard InChI is InChI=1S/C22H26ClNO4/c1-22(13-15-5-7-18(23)8-6-15)14-17-11-16(12-19(27-3)20(17)28-22)21(25)24-9-4-10-26-2/h5-8,11-12H,4,9-10,13-14H2,1-3H3,(H,24,25). The molecule has 3 rings (SSSR count). The van der Waals surface area contributed by atoms with Crippen LogP contribution in [0.25, 0.3) is 0 Å². The van der Waals surface area contributed by atoms with E-state index in [1.165, 1.54) is 0 Å². The largest absolute Gasteiger partial charge is 0.493 e. The molecule has 1 N–H and O–H groups in total. The topological polar surface area (TPSA) is 56.8 Å². The van der Waals surface area contributed by atoms with Gasteiger partial charge in [-0.2, -0.15) is 0 Å². The van der Waals surface area contributed by atoms with Crippen LogP contribution in [-0.2, 0) is 17.6 Å². The molecule has 0 spiro atoms. The van der Waals surface area contributed by atoms with Crippen LogP contribution >= 0.6 is 11.6 Å². The van der Waals surface area contributed by atoms with E-state index in [9.17, 15) is 4.79 Å². The van der Waals surface area contributed by atoms with Crippen molar-refractivity contribution in [2.24, 2.45) is 0 Å². The molecular formula is C22H26ClNO4. The van der Waals surface area contributed by atoms with E-state index < -0.39 is 5.60 Å². The molecule has 2 aromatic carbocycles. The van der Waals surface area contributed by atoms with Crippen molar-refractivity contribution in [1.29, 1.82) is 0 Å². The van der Waals surface area contributed by atoms with Gasteiger partial charge in [0.25, 0.3) is 5.91 Å². The third-order valence-corrected chi connectivity index (χ3v) is 5.08. The smallest absolute Gasteiger partial charge is 0.251 e. The monoisotopic (exact) mass is 403 g/mol. The van der Waals surface area contributed by atoms with E-state index in [0.717, 1.165) is 29.7 Å². The van der Waals surface area contributed by atoms with Crippen LogP contribution in [0.15, 0.2) is 36.4 Å². The lowest BCUT2D eigenvalue weighted by atomic mass is 9.91. The van der Waals surface area contributed by atoms with Crippen molar-refractivity contribution in [2.75, 3.05) is 27.4 Å². The molecule has 1 heterocycles. The fourth-order valence-corrected chi connectivity index (χ4v) is 3.65. The molecule has 1 aliphatic rings. The van der Waals surface area contributed by atoms with Crippen molar-refractivity contribution < 1.29 is 19.0 Å². The van der Waals surface area contributed by atoms with E-state index in [2.05, 4.69) is 12.2 Å². The number of carbonyl (C=O) groups is 1. The Bertz CT molecular complexity index is 837. The number of fused-ring (bicyclic) bond motifs is 1. The van der Waals surface area contributed by atoms with Crippen LogP contribution in [0.2, 0.25) is 5.02 Å². The first-order valence-corrected chi connectivity index (χ1v) is 9.73. The second kappa shape index (κ2) is 8.84. The maximum absolute atomic E-state index is 12.5. The van der Waals surface area contributed by atoms with Crippen LogP contribution in [0.3, 0.4) is 0 Å². The lowest BCUT2D eigenvalue weighted by molar-refractivity contribution is 0.0948. The minimum atomic E-state index is -0.406. The number of amides is 1. The molecule has 1 atom stereocenters. The molecule has 0 bridgehead atoms. The lowest BCUT2D eigenvalue weighted by Gasteiger charge is -2.24. The summed E-state index contributed by atoms with van der Waals surface area (Å²) >= 11 is 5.98. The Kier molecular flexibility index (Phi) is 6.47. The normalized spacial score (nSPS) is 17.7. The number of ether oxygens (including phenoxy) is 3. The number of hydrogen-bond donors (Lipinski definition) is 1. The van der Waals surface area contributed by atoms with Crippen LogP contribution in [0.5, 0.6) is 11.5 Å². The van der Waals surface area contributed by atoms with Gasteiger partial charge in [0.05, 0.1) is 7.11 Å². The summed E-state index contributed by atoms with van der Waals surface area (Å²) in [5, 5.41) is 3.63.